The van der Waals surface area contributed by atoms with E-state index >= 15 is 0 Å². The number of aromatic nitrogens is 1. The number of carbonyl (C=O) groups is 1. The first kappa shape index (κ1) is 18.0. The first-order chi connectivity index (χ1) is 12.1. The highest BCUT2D eigenvalue weighted by Gasteiger charge is 2.14. The summed E-state index contributed by atoms with van der Waals surface area (Å²) in [6.45, 7) is 0.513. The van der Waals surface area contributed by atoms with Gasteiger partial charge in [0.25, 0.3) is 0 Å². The number of carbonyl (C=O) groups excluding carboxylic acids is 1. The molecule has 0 N–H and O–H groups in total. The van der Waals surface area contributed by atoms with Crippen molar-refractivity contribution in [3.05, 3.63) is 53.1 Å². The van der Waals surface area contributed by atoms with Crippen LogP contribution in [0.2, 0.25) is 5.02 Å². The molecule has 0 saturated carbocycles. The lowest BCUT2D eigenvalue weighted by Gasteiger charge is -2.18. The number of ether oxygens (including phenoxy) is 1. The van der Waals surface area contributed by atoms with E-state index in [0.29, 0.717) is 17.3 Å². The summed E-state index contributed by atoms with van der Waals surface area (Å²) >= 11 is 9.01. The summed E-state index contributed by atoms with van der Waals surface area (Å²) in [5.41, 5.74) is 1.86. The lowest BCUT2D eigenvalue weighted by Crippen LogP contribution is -2.27. The SMILES string of the molecule is COc1ccccc1CN(C)C(=O)CSc1nc2cc(Cl)ccc2s1. The van der Waals surface area contributed by atoms with Gasteiger partial charge in [-0.15, -0.1) is 11.3 Å². The molecule has 0 fully saturated rings. The van der Waals surface area contributed by atoms with Gasteiger partial charge in [-0.2, -0.15) is 0 Å². The molecule has 2 aromatic carbocycles. The molecule has 0 bridgehead atoms. The van der Waals surface area contributed by atoms with Gasteiger partial charge in [-0.3, -0.25) is 4.79 Å². The Balaban J connectivity index is 1.61. The zero-order valence-electron chi connectivity index (χ0n) is 13.9. The Morgan fingerprint density at radius 3 is 2.92 bits per heavy atom. The van der Waals surface area contributed by atoms with E-state index in [1.165, 1.54) is 11.8 Å². The highest BCUT2D eigenvalue weighted by atomic mass is 35.5. The highest BCUT2D eigenvalue weighted by Crippen LogP contribution is 2.31. The molecule has 1 heterocycles. The molecule has 0 spiro atoms. The maximum Gasteiger partial charge on any atom is 0.233 e. The largest absolute Gasteiger partial charge is 0.496 e. The van der Waals surface area contributed by atoms with Crippen molar-refractivity contribution < 1.29 is 9.53 Å². The van der Waals surface area contributed by atoms with Gasteiger partial charge < -0.3 is 9.64 Å². The molecule has 1 aromatic heterocycles. The van der Waals surface area contributed by atoms with E-state index in [1.54, 1.807) is 30.4 Å². The van der Waals surface area contributed by atoms with Crippen LogP contribution in [0.4, 0.5) is 0 Å². The molecule has 0 radical (unpaired) electrons. The van der Waals surface area contributed by atoms with E-state index in [2.05, 4.69) is 4.98 Å². The van der Waals surface area contributed by atoms with Crippen LogP contribution in [0.3, 0.4) is 0 Å². The van der Waals surface area contributed by atoms with Gasteiger partial charge >= 0.3 is 0 Å². The fraction of sp³-hybridized carbons (Fsp3) is 0.222. The quantitative estimate of drug-likeness (QED) is 0.570. The molecule has 4 nitrogen and oxygen atoms in total. The van der Waals surface area contributed by atoms with Crippen LogP contribution in [0, 0.1) is 0 Å². The Morgan fingerprint density at radius 2 is 2.12 bits per heavy atom. The molecule has 0 aliphatic rings. The summed E-state index contributed by atoms with van der Waals surface area (Å²) in [5.74, 6) is 1.19. The second-order valence-electron chi connectivity index (χ2n) is 5.44. The van der Waals surface area contributed by atoms with E-state index in [1.807, 2.05) is 42.5 Å². The van der Waals surface area contributed by atoms with Crippen molar-refractivity contribution in [2.24, 2.45) is 0 Å². The third kappa shape index (κ3) is 4.45. The molecule has 7 heteroatoms. The molecular weight excluding hydrogens is 376 g/mol. The zero-order chi connectivity index (χ0) is 17.8. The van der Waals surface area contributed by atoms with Gasteiger partial charge in [0.05, 0.1) is 23.1 Å². The Morgan fingerprint density at radius 1 is 1.32 bits per heavy atom. The maximum atomic E-state index is 12.4. The van der Waals surface area contributed by atoms with Gasteiger partial charge in [0.2, 0.25) is 5.91 Å². The van der Waals surface area contributed by atoms with Crippen molar-refractivity contribution >= 4 is 50.8 Å². The number of thioether (sulfide) groups is 1. The van der Waals surface area contributed by atoms with Crippen LogP contribution in [0.1, 0.15) is 5.56 Å². The normalized spacial score (nSPS) is 10.8. The van der Waals surface area contributed by atoms with E-state index in [-0.39, 0.29) is 5.91 Å². The van der Waals surface area contributed by atoms with Crippen molar-refractivity contribution in [2.75, 3.05) is 19.9 Å². The van der Waals surface area contributed by atoms with Crippen molar-refractivity contribution in [2.45, 2.75) is 10.9 Å². The smallest absolute Gasteiger partial charge is 0.233 e. The average Bonchev–Trinajstić information content (AvgIpc) is 3.02. The predicted molar refractivity (Wildman–Crippen MR) is 105 cm³/mol. The fourth-order valence-corrected chi connectivity index (χ4v) is 4.51. The number of thiazole rings is 1. The van der Waals surface area contributed by atoms with Crippen LogP contribution in [0.5, 0.6) is 5.75 Å². The van der Waals surface area contributed by atoms with Gasteiger partial charge in [0, 0.05) is 24.2 Å². The molecule has 130 valence electrons. The van der Waals surface area contributed by atoms with Crippen molar-refractivity contribution in [1.82, 2.24) is 9.88 Å². The van der Waals surface area contributed by atoms with Crippen LogP contribution in [-0.2, 0) is 11.3 Å². The summed E-state index contributed by atoms with van der Waals surface area (Å²) in [7, 11) is 3.43. The Bertz CT molecular complexity index is 898. The Kier molecular flexibility index (Phi) is 5.83. The third-order valence-corrected chi connectivity index (χ3v) is 6.07. The topological polar surface area (TPSA) is 42.4 Å². The van der Waals surface area contributed by atoms with Crippen molar-refractivity contribution in [3.8, 4) is 5.75 Å². The van der Waals surface area contributed by atoms with Crippen LogP contribution < -0.4 is 4.74 Å². The molecule has 0 saturated heterocycles. The van der Waals surface area contributed by atoms with Gasteiger partial charge in [-0.05, 0) is 24.3 Å². The second kappa shape index (κ2) is 8.08. The minimum absolute atomic E-state index is 0.0493. The minimum atomic E-state index is 0.0493. The standard InChI is InChI=1S/C18H17ClN2O2S2/c1-21(10-12-5-3-4-6-15(12)23-2)17(22)11-24-18-20-14-9-13(19)7-8-16(14)25-18/h3-9H,10-11H2,1-2H3. The summed E-state index contributed by atoms with van der Waals surface area (Å²) in [6, 6.07) is 13.4. The fourth-order valence-electron chi connectivity index (χ4n) is 2.35. The maximum absolute atomic E-state index is 12.4. The second-order valence-corrected chi connectivity index (χ2v) is 8.13. The van der Waals surface area contributed by atoms with E-state index in [4.69, 9.17) is 16.3 Å². The van der Waals surface area contributed by atoms with Gasteiger partial charge in [-0.1, -0.05) is 41.6 Å². The molecule has 3 rings (SSSR count). The van der Waals surface area contributed by atoms with Crippen molar-refractivity contribution in [1.29, 1.82) is 0 Å². The monoisotopic (exact) mass is 392 g/mol. The summed E-state index contributed by atoms with van der Waals surface area (Å²) in [5, 5.41) is 0.668. The van der Waals surface area contributed by atoms with E-state index in [0.717, 1.165) is 25.9 Å². The van der Waals surface area contributed by atoms with Crippen LogP contribution in [0.15, 0.2) is 46.8 Å². The molecule has 0 aliphatic carbocycles. The number of para-hydroxylation sites is 1. The molecule has 25 heavy (non-hydrogen) atoms. The number of nitrogens with zero attached hydrogens (tertiary/aromatic N) is 2. The van der Waals surface area contributed by atoms with Gasteiger partial charge in [0.1, 0.15) is 5.75 Å². The summed E-state index contributed by atoms with van der Waals surface area (Å²) in [4.78, 5) is 18.6. The van der Waals surface area contributed by atoms with E-state index < -0.39 is 0 Å². The number of fused-ring (bicyclic) bond motifs is 1. The van der Waals surface area contributed by atoms with Crippen LogP contribution in [0.25, 0.3) is 10.2 Å². The molecule has 0 unspecified atom stereocenters. The molecule has 3 aromatic rings. The number of rotatable bonds is 6. The molecular formula is C18H17ClN2O2S2. The molecule has 0 aliphatic heterocycles. The number of benzene rings is 2. The van der Waals surface area contributed by atoms with E-state index in [9.17, 15) is 4.79 Å². The lowest BCUT2D eigenvalue weighted by molar-refractivity contribution is -0.127. The number of methoxy groups -OCH3 is 1. The molecule has 0 atom stereocenters. The lowest BCUT2D eigenvalue weighted by atomic mass is 10.2. The highest BCUT2D eigenvalue weighted by molar-refractivity contribution is 8.01. The minimum Gasteiger partial charge on any atom is -0.496 e. The first-order valence-corrected chi connectivity index (χ1v) is 9.79. The zero-order valence-corrected chi connectivity index (χ0v) is 16.2. The van der Waals surface area contributed by atoms with Gasteiger partial charge in [-0.25, -0.2) is 4.98 Å². The number of hydrogen-bond donors (Lipinski definition) is 0. The number of hydrogen-bond acceptors (Lipinski definition) is 5. The molecule has 1 amide bonds. The van der Waals surface area contributed by atoms with Crippen LogP contribution in [-0.4, -0.2) is 35.7 Å². The van der Waals surface area contributed by atoms with Gasteiger partial charge in [0.15, 0.2) is 4.34 Å². The average molecular weight is 393 g/mol. The van der Waals surface area contributed by atoms with Crippen LogP contribution >= 0.6 is 34.7 Å². The summed E-state index contributed by atoms with van der Waals surface area (Å²) < 4.78 is 7.28. The Labute approximate surface area is 159 Å². The first-order valence-electron chi connectivity index (χ1n) is 7.61. The van der Waals surface area contributed by atoms with Crippen molar-refractivity contribution in [3.63, 3.8) is 0 Å². The predicted octanol–water partition coefficient (Wildman–Crippen LogP) is 4.71. The Hall–Kier alpha value is -1.76. The number of amides is 1. The third-order valence-electron chi connectivity index (χ3n) is 3.67. The number of halogens is 1. The summed E-state index contributed by atoms with van der Waals surface area (Å²) in [6.07, 6.45) is 0.